The van der Waals surface area contributed by atoms with Gasteiger partial charge in [-0.25, -0.2) is 0 Å². The van der Waals surface area contributed by atoms with Gasteiger partial charge in [0.05, 0.1) is 11.5 Å². The molecule has 2 aromatic rings. The first-order valence-electron chi connectivity index (χ1n) is 8.43. The van der Waals surface area contributed by atoms with Gasteiger partial charge in [-0.05, 0) is 25.5 Å². The fourth-order valence-electron chi connectivity index (χ4n) is 3.86. The number of rotatable bonds is 3. The second kappa shape index (κ2) is 6.38. The van der Waals surface area contributed by atoms with Crippen molar-refractivity contribution in [1.29, 1.82) is 0 Å². The van der Waals surface area contributed by atoms with Crippen molar-refractivity contribution in [3.05, 3.63) is 40.7 Å². The molecule has 2 aliphatic heterocycles. The van der Waals surface area contributed by atoms with Crippen molar-refractivity contribution in [2.45, 2.75) is 31.7 Å². The molecule has 5 nitrogen and oxygen atoms in total. The fraction of sp³-hybridized carbons (Fsp3) is 0.444. The van der Waals surface area contributed by atoms with Crippen molar-refractivity contribution < 1.29 is 13.9 Å². The Morgan fingerprint density at radius 2 is 2.32 bits per heavy atom. The zero-order valence-electron chi connectivity index (χ0n) is 14.0. The highest BCUT2D eigenvalue weighted by Gasteiger charge is 2.43. The molecule has 0 saturated carbocycles. The largest absolute Gasteiger partial charge is 0.492 e. The van der Waals surface area contributed by atoms with Gasteiger partial charge >= 0.3 is 0 Å². The number of para-hydroxylation sites is 1. The summed E-state index contributed by atoms with van der Waals surface area (Å²) in [5.41, 5.74) is 1.26. The molecule has 3 heterocycles. The van der Waals surface area contributed by atoms with E-state index in [2.05, 4.69) is 27.3 Å². The third-order valence-corrected chi connectivity index (χ3v) is 5.85. The second-order valence-corrected chi connectivity index (χ2v) is 7.88. The Morgan fingerprint density at radius 3 is 3.16 bits per heavy atom. The van der Waals surface area contributed by atoms with Gasteiger partial charge in [-0.15, -0.1) is 0 Å². The van der Waals surface area contributed by atoms with Crippen LogP contribution in [0.15, 0.2) is 24.3 Å². The number of carbonyl (C=O) groups is 1. The van der Waals surface area contributed by atoms with E-state index in [1.54, 1.807) is 0 Å². The number of halogens is 1. The molecule has 25 heavy (non-hydrogen) atoms. The summed E-state index contributed by atoms with van der Waals surface area (Å²) in [7, 11) is 0. The Labute approximate surface area is 149 Å². The first-order chi connectivity index (χ1) is 12.1. The topological polar surface area (TPSA) is 54.5 Å². The highest BCUT2D eigenvalue weighted by Crippen LogP contribution is 2.44. The van der Waals surface area contributed by atoms with Gasteiger partial charge in [-0.1, -0.05) is 29.5 Å². The number of anilines is 1. The summed E-state index contributed by atoms with van der Waals surface area (Å²) in [5.74, 6) is 0.245. The number of piperidine rings is 1. The highest BCUT2D eigenvalue weighted by atomic mass is 32.1. The molecule has 4 rings (SSSR count). The van der Waals surface area contributed by atoms with Crippen LogP contribution in [0.5, 0.6) is 5.75 Å². The maximum Gasteiger partial charge on any atom is 0.230 e. The summed E-state index contributed by atoms with van der Waals surface area (Å²) in [4.78, 5) is 17.8. The Kier molecular flexibility index (Phi) is 4.21. The average molecular weight is 361 g/mol. The van der Waals surface area contributed by atoms with Crippen LogP contribution in [-0.2, 0) is 16.8 Å². The maximum absolute atomic E-state index is 14.1. The lowest BCUT2D eigenvalue weighted by atomic mass is 9.76. The number of nitrogens with one attached hydrogen (secondary N) is 1. The third kappa shape index (κ3) is 3.14. The van der Waals surface area contributed by atoms with Gasteiger partial charge in [0.2, 0.25) is 11.9 Å². The van der Waals surface area contributed by atoms with Crippen molar-refractivity contribution in [2.75, 3.05) is 25.0 Å². The lowest BCUT2D eigenvalue weighted by molar-refractivity contribution is -0.114. The van der Waals surface area contributed by atoms with Gasteiger partial charge in [0.25, 0.3) is 0 Å². The summed E-state index contributed by atoms with van der Waals surface area (Å²) in [6.45, 7) is 4.36. The quantitative estimate of drug-likeness (QED) is 0.912. The zero-order valence-corrected chi connectivity index (χ0v) is 14.9. The van der Waals surface area contributed by atoms with E-state index < -0.39 is 5.95 Å². The van der Waals surface area contributed by atoms with E-state index >= 15 is 0 Å². The summed E-state index contributed by atoms with van der Waals surface area (Å²) in [6.07, 6.45) is 2.14. The lowest BCUT2D eigenvalue weighted by Gasteiger charge is -2.39. The lowest BCUT2D eigenvalue weighted by Crippen LogP contribution is -2.46. The molecule has 1 saturated heterocycles. The van der Waals surface area contributed by atoms with Gasteiger partial charge < -0.3 is 10.1 Å². The minimum absolute atomic E-state index is 0.00350. The van der Waals surface area contributed by atoms with Crippen LogP contribution >= 0.6 is 11.3 Å². The molecule has 1 aromatic carbocycles. The fourth-order valence-corrected chi connectivity index (χ4v) is 4.79. The van der Waals surface area contributed by atoms with Crippen molar-refractivity contribution in [1.82, 2.24) is 9.88 Å². The smallest absolute Gasteiger partial charge is 0.230 e. The maximum atomic E-state index is 14.1. The number of aromatic nitrogens is 1. The second-order valence-electron chi connectivity index (χ2n) is 6.79. The molecule has 1 N–H and O–H groups in total. The Balaban J connectivity index is 1.51. The number of hydrogen-bond acceptors (Lipinski definition) is 5. The molecule has 0 radical (unpaired) electrons. The number of nitrogens with zero attached hydrogens (tertiary/aromatic N) is 2. The zero-order chi connectivity index (χ0) is 17.4. The molecule has 1 atom stereocenters. The van der Waals surface area contributed by atoms with Crippen molar-refractivity contribution >= 4 is 22.4 Å². The van der Waals surface area contributed by atoms with Crippen LogP contribution in [0, 0.1) is 5.95 Å². The summed E-state index contributed by atoms with van der Waals surface area (Å²) < 4.78 is 20.0. The van der Waals surface area contributed by atoms with Gasteiger partial charge in [0.15, 0.2) is 5.13 Å². The van der Waals surface area contributed by atoms with E-state index in [1.807, 2.05) is 12.1 Å². The van der Waals surface area contributed by atoms with Crippen molar-refractivity contribution in [2.24, 2.45) is 0 Å². The molecule has 7 heteroatoms. The van der Waals surface area contributed by atoms with E-state index in [9.17, 15) is 9.18 Å². The minimum atomic E-state index is -0.489. The van der Waals surface area contributed by atoms with Crippen LogP contribution in [0.4, 0.5) is 9.52 Å². The standard InChI is InChI=1S/C18H20FN3O2S/c1-12(23)20-17-21-16(19)15(25-17)9-22-8-4-7-18(10-22)11-24-14-6-3-2-5-13(14)18/h2-3,5-6H,4,7-11H2,1H3,(H,20,21,23). The number of hydrogen-bond donors (Lipinski definition) is 1. The number of fused-ring (bicyclic) bond motifs is 2. The van der Waals surface area contributed by atoms with Crippen LogP contribution in [0.25, 0.3) is 0 Å². The van der Waals surface area contributed by atoms with E-state index in [1.165, 1.54) is 23.8 Å². The monoisotopic (exact) mass is 361 g/mol. The predicted molar refractivity (Wildman–Crippen MR) is 94.5 cm³/mol. The van der Waals surface area contributed by atoms with Gasteiger partial charge in [0, 0.05) is 31.0 Å². The first-order valence-corrected chi connectivity index (χ1v) is 9.25. The molecular weight excluding hydrogens is 341 g/mol. The molecule has 0 bridgehead atoms. The minimum Gasteiger partial charge on any atom is -0.492 e. The number of carbonyl (C=O) groups excluding carboxylic acids is 1. The molecule has 2 aliphatic rings. The summed E-state index contributed by atoms with van der Waals surface area (Å²) in [5, 5.41) is 2.88. The van der Waals surface area contributed by atoms with E-state index in [4.69, 9.17) is 4.74 Å². The summed E-state index contributed by atoms with van der Waals surface area (Å²) >= 11 is 1.21. The number of benzene rings is 1. The van der Waals surface area contributed by atoms with Crippen LogP contribution in [0.3, 0.4) is 0 Å². The normalized spacial score (nSPS) is 22.6. The van der Waals surface area contributed by atoms with Gasteiger partial charge in [-0.3, -0.25) is 9.69 Å². The van der Waals surface area contributed by atoms with Crippen molar-refractivity contribution in [3.63, 3.8) is 0 Å². The molecule has 1 amide bonds. The van der Waals surface area contributed by atoms with Crippen LogP contribution in [0.2, 0.25) is 0 Å². The predicted octanol–water partition coefficient (Wildman–Crippen LogP) is 3.17. The Bertz CT molecular complexity index is 805. The average Bonchev–Trinajstić information content (AvgIpc) is 3.09. The first kappa shape index (κ1) is 16.5. The number of thiazole rings is 1. The third-order valence-electron chi connectivity index (χ3n) is 4.92. The Morgan fingerprint density at radius 1 is 1.48 bits per heavy atom. The molecule has 1 spiro atoms. The van der Waals surface area contributed by atoms with Gasteiger partial charge in [-0.2, -0.15) is 9.37 Å². The van der Waals surface area contributed by atoms with Crippen LogP contribution in [-0.4, -0.2) is 35.5 Å². The number of ether oxygens (including phenoxy) is 1. The van der Waals surface area contributed by atoms with Crippen molar-refractivity contribution in [3.8, 4) is 5.75 Å². The molecule has 1 fully saturated rings. The van der Waals surface area contributed by atoms with E-state index in [0.717, 1.165) is 31.7 Å². The number of amides is 1. The van der Waals surface area contributed by atoms with Gasteiger partial charge in [0.1, 0.15) is 5.75 Å². The Hall–Kier alpha value is -1.99. The number of likely N-dealkylation sites (tertiary alicyclic amines) is 1. The molecule has 1 aromatic heterocycles. The SMILES string of the molecule is CC(=O)Nc1nc(F)c(CN2CCCC3(COc4ccccc43)C2)s1. The van der Waals surface area contributed by atoms with E-state index in [-0.39, 0.29) is 11.3 Å². The van der Waals surface area contributed by atoms with Crippen LogP contribution in [0.1, 0.15) is 30.2 Å². The molecule has 1 unspecified atom stereocenters. The molecule has 0 aliphatic carbocycles. The van der Waals surface area contributed by atoms with Crippen LogP contribution < -0.4 is 10.1 Å². The molecular formula is C18H20FN3O2S. The highest BCUT2D eigenvalue weighted by molar-refractivity contribution is 7.15. The van der Waals surface area contributed by atoms with E-state index in [0.29, 0.717) is 23.2 Å². The summed E-state index contributed by atoms with van der Waals surface area (Å²) in [6, 6.07) is 8.21. The molecule has 132 valence electrons.